The summed E-state index contributed by atoms with van der Waals surface area (Å²) in [6.45, 7) is 3.52. The molecule has 0 rings (SSSR count). The van der Waals surface area contributed by atoms with E-state index in [4.69, 9.17) is 11.2 Å². The predicted octanol–water partition coefficient (Wildman–Crippen LogP) is 1.39. The van der Waals surface area contributed by atoms with E-state index in [2.05, 4.69) is 12.8 Å². The van der Waals surface area contributed by atoms with Gasteiger partial charge in [0.05, 0.1) is 6.61 Å². The van der Waals surface area contributed by atoms with Crippen LogP contribution in [-0.2, 0) is 4.74 Å². The van der Waals surface area contributed by atoms with Gasteiger partial charge in [-0.25, -0.2) is 0 Å². The van der Waals surface area contributed by atoms with Crippen molar-refractivity contribution >= 4 is 0 Å². The van der Waals surface area contributed by atoms with E-state index in [-0.39, 0.29) is 0 Å². The molecule has 1 nitrogen and oxygen atoms in total. The fourth-order valence-corrected chi connectivity index (χ4v) is 0.370. The highest BCUT2D eigenvalue weighted by Crippen LogP contribution is 1.81. The fourth-order valence-electron chi connectivity index (χ4n) is 0.370. The van der Waals surface area contributed by atoms with Crippen molar-refractivity contribution < 1.29 is 4.74 Å². The van der Waals surface area contributed by atoms with Gasteiger partial charge in [-0.05, 0) is 12.8 Å². The lowest BCUT2D eigenvalue weighted by Crippen LogP contribution is -1.93. The molecule has 0 amide bonds. The average Bonchev–Trinajstić information content (AvgIpc) is 1.81. The second-order valence-corrected chi connectivity index (χ2v) is 1.54. The minimum Gasteiger partial charge on any atom is -0.380 e. The molecule has 0 atom stereocenters. The average molecular weight is 111 g/mol. The van der Waals surface area contributed by atoms with E-state index >= 15 is 0 Å². The molecule has 8 heavy (non-hydrogen) atoms. The number of hydrogen-bond donors (Lipinski definition) is 0. The molecule has 0 saturated heterocycles. The van der Waals surface area contributed by atoms with Crippen molar-refractivity contribution in [2.75, 3.05) is 13.2 Å². The van der Waals surface area contributed by atoms with E-state index in [1.54, 1.807) is 0 Å². The van der Waals surface area contributed by atoms with Crippen molar-refractivity contribution in [3.8, 4) is 5.92 Å². The van der Waals surface area contributed by atoms with E-state index in [1.165, 1.54) is 0 Å². The quantitative estimate of drug-likeness (QED) is 0.393. The summed E-state index contributed by atoms with van der Waals surface area (Å²) in [5.41, 5.74) is 0. The standard InChI is InChI=1S/C7H11O/c1-3-5-7-8-6-4-2/h4-7H2,2H3. The molecule has 0 N–H and O–H groups in total. The molecule has 0 fully saturated rings. The van der Waals surface area contributed by atoms with Gasteiger partial charge in [0.2, 0.25) is 0 Å². The van der Waals surface area contributed by atoms with Crippen molar-refractivity contribution in [3.63, 3.8) is 0 Å². The minimum absolute atomic E-state index is 0.625. The van der Waals surface area contributed by atoms with Gasteiger partial charge >= 0.3 is 0 Å². The zero-order chi connectivity index (χ0) is 6.24. The fraction of sp³-hybridized carbons (Fsp3) is 0.714. The summed E-state index contributed by atoms with van der Waals surface area (Å²) in [7, 11) is 0. The highest BCUT2D eigenvalue weighted by molar-refractivity contribution is 4.73. The summed E-state index contributed by atoms with van der Waals surface area (Å²) in [4.78, 5) is 0. The van der Waals surface area contributed by atoms with Crippen LogP contribution in [0.15, 0.2) is 0 Å². The smallest absolute Gasteiger partial charge is 0.0575 e. The summed E-state index contributed by atoms with van der Waals surface area (Å²) in [5, 5.41) is 0. The largest absolute Gasteiger partial charge is 0.380 e. The van der Waals surface area contributed by atoms with Crippen LogP contribution in [0.3, 0.4) is 0 Å². The first-order chi connectivity index (χ1) is 3.91. The van der Waals surface area contributed by atoms with Crippen molar-refractivity contribution in [3.05, 3.63) is 6.42 Å². The Morgan fingerprint density at radius 1 is 1.50 bits per heavy atom. The molecule has 0 aliphatic rings. The molecular weight excluding hydrogens is 100 g/mol. The van der Waals surface area contributed by atoms with Crippen LogP contribution in [0.1, 0.15) is 19.8 Å². The zero-order valence-electron chi connectivity index (χ0n) is 5.24. The Morgan fingerprint density at radius 3 is 2.75 bits per heavy atom. The summed E-state index contributed by atoms with van der Waals surface area (Å²) >= 11 is 0. The third-order valence-corrected chi connectivity index (χ3v) is 0.720. The molecule has 0 aromatic rings. The molecule has 45 valence electrons. The van der Waals surface area contributed by atoms with Gasteiger partial charge in [0, 0.05) is 13.0 Å². The molecule has 0 heterocycles. The highest BCUT2D eigenvalue weighted by atomic mass is 16.5. The Hall–Kier alpha value is -0.480. The van der Waals surface area contributed by atoms with Crippen LogP contribution in [0.5, 0.6) is 0 Å². The second kappa shape index (κ2) is 6.52. The summed E-state index contributed by atoms with van der Waals surface area (Å²) in [5.74, 6) is 2.25. The van der Waals surface area contributed by atoms with Crippen LogP contribution in [-0.4, -0.2) is 13.2 Å². The Morgan fingerprint density at radius 2 is 2.25 bits per heavy atom. The van der Waals surface area contributed by atoms with Gasteiger partial charge in [-0.1, -0.05) is 12.8 Å². The Kier molecular flexibility index (Phi) is 6.13. The molecule has 0 aliphatic carbocycles. The molecule has 0 aromatic carbocycles. The van der Waals surface area contributed by atoms with Gasteiger partial charge in [-0.3, -0.25) is 0 Å². The number of ether oxygens (including phenoxy) is 1. The highest BCUT2D eigenvalue weighted by Gasteiger charge is 1.80. The third-order valence-electron chi connectivity index (χ3n) is 0.720. The second-order valence-electron chi connectivity index (χ2n) is 1.54. The SMILES string of the molecule is [C]#CCCOCCC. The van der Waals surface area contributed by atoms with Crippen LogP contribution < -0.4 is 0 Å². The van der Waals surface area contributed by atoms with Gasteiger partial charge in [0.1, 0.15) is 0 Å². The lowest BCUT2D eigenvalue weighted by atomic mass is 10.5. The Balaban J connectivity index is 2.65. The van der Waals surface area contributed by atoms with Crippen molar-refractivity contribution in [2.24, 2.45) is 0 Å². The van der Waals surface area contributed by atoms with Gasteiger partial charge in [0.25, 0.3) is 0 Å². The first kappa shape index (κ1) is 7.52. The number of hydrogen-bond acceptors (Lipinski definition) is 1. The zero-order valence-corrected chi connectivity index (χ0v) is 5.24. The van der Waals surface area contributed by atoms with E-state index < -0.39 is 0 Å². The van der Waals surface area contributed by atoms with Gasteiger partial charge in [-0.2, -0.15) is 0 Å². The molecular formula is C7H11O. The molecule has 1 heteroatoms. The summed E-state index contributed by atoms with van der Waals surface area (Å²) in [6.07, 6.45) is 8.19. The molecule has 0 spiro atoms. The van der Waals surface area contributed by atoms with Gasteiger partial charge in [-0.15, -0.1) is 0 Å². The van der Waals surface area contributed by atoms with Crippen LogP contribution >= 0.6 is 0 Å². The first-order valence-electron chi connectivity index (χ1n) is 2.89. The van der Waals surface area contributed by atoms with Gasteiger partial charge in [0.15, 0.2) is 0 Å². The third kappa shape index (κ3) is 5.52. The minimum atomic E-state index is 0.625. The molecule has 0 unspecified atom stereocenters. The van der Waals surface area contributed by atoms with E-state index in [9.17, 15) is 0 Å². The van der Waals surface area contributed by atoms with Crippen LogP contribution in [0, 0.1) is 12.3 Å². The van der Waals surface area contributed by atoms with Crippen LogP contribution in [0.25, 0.3) is 0 Å². The predicted molar refractivity (Wildman–Crippen MR) is 32.9 cm³/mol. The maximum atomic E-state index is 6.51. The Bertz CT molecular complexity index is 70.9. The Labute approximate surface area is 51.0 Å². The van der Waals surface area contributed by atoms with Crippen LogP contribution in [0.2, 0.25) is 0 Å². The number of rotatable bonds is 4. The molecule has 0 aliphatic heterocycles. The summed E-state index contributed by atoms with van der Waals surface area (Å²) < 4.78 is 5.04. The van der Waals surface area contributed by atoms with Crippen LogP contribution in [0.4, 0.5) is 0 Å². The van der Waals surface area contributed by atoms with Gasteiger partial charge < -0.3 is 4.74 Å². The van der Waals surface area contributed by atoms with Crippen molar-refractivity contribution in [2.45, 2.75) is 19.8 Å². The summed E-state index contributed by atoms with van der Waals surface area (Å²) in [6, 6.07) is 0. The lowest BCUT2D eigenvalue weighted by molar-refractivity contribution is 0.140. The first-order valence-corrected chi connectivity index (χ1v) is 2.89. The topological polar surface area (TPSA) is 9.23 Å². The molecule has 0 aromatic heterocycles. The molecule has 1 radical (unpaired) electrons. The van der Waals surface area contributed by atoms with Crippen molar-refractivity contribution in [1.82, 2.24) is 0 Å². The molecule has 0 bridgehead atoms. The van der Waals surface area contributed by atoms with E-state index in [0.29, 0.717) is 13.0 Å². The monoisotopic (exact) mass is 111 g/mol. The normalized spacial score (nSPS) is 8.50. The molecule has 0 saturated carbocycles. The maximum absolute atomic E-state index is 6.51. The lowest BCUT2D eigenvalue weighted by Gasteiger charge is -1.95. The maximum Gasteiger partial charge on any atom is 0.0575 e. The van der Waals surface area contributed by atoms with E-state index in [0.717, 1.165) is 13.0 Å². The van der Waals surface area contributed by atoms with E-state index in [1.807, 2.05) is 0 Å². The van der Waals surface area contributed by atoms with Crippen molar-refractivity contribution in [1.29, 1.82) is 0 Å².